The summed E-state index contributed by atoms with van der Waals surface area (Å²) in [4.78, 5) is 11.2. The molecule has 0 fully saturated rings. The standard InChI is InChI=1S/C11H10Cl2FNO2/c1-2-17-11(16)8(13)3-6-4-10(15)9(14)5-7(6)12/h3-5H,2,15H2,1H3. The van der Waals surface area contributed by atoms with Gasteiger partial charge in [-0.25, -0.2) is 9.18 Å². The molecule has 0 radical (unpaired) electrons. The fourth-order valence-corrected chi connectivity index (χ4v) is 1.47. The molecule has 1 aromatic rings. The Bertz CT molecular complexity index is 475. The van der Waals surface area contributed by atoms with E-state index in [0.717, 1.165) is 6.07 Å². The maximum absolute atomic E-state index is 13.0. The lowest BCUT2D eigenvalue weighted by molar-refractivity contribution is -0.137. The number of nitrogen functional groups attached to an aromatic ring is 1. The van der Waals surface area contributed by atoms with E-state index >= 15 is 0 Å². The Morgan fingerprint density at radius 2 is 2.24 bits per heavy atom. The Morgan fingerprint density at radius 1 is 1.59 bits per heavy atom. The van der Waals surface area contributed by atoms with Gasteiger partial charge in [0, 0.05) is 0 Å². The van der Waals surface area contributed by atoms with Gasteiger partial charge in [-0.2, -0.15) is 0 Å². The predicted molar refractivity (Wildman–Crippen MR) is 66.3 cm³/mol. The van der Waals surface area contributed by atoms with Crippen LogP contribution in [0.4, 0.5) is 10.1 Å². The molecule has 0 saturated carbocycles. The first-order valence-corrected chi connectivity index (χ1v) is 5.50. The van der Waals surface area contributed by atoms with Gasteiger partial charge in [0.15, 0.2) is 0 Å². The van der Waals surface area contributed by atoms with Gasteiger partial charge in [-0.3, -0.25) is 0 Å². The van der Waals surface area contributed by atoms with Gasteiger partial charge < -0.3 is 10.5 Å². The summed E-state index contributed by atoms with van der Waals surface area (Å²) in [7, 11) is 0. The van der Waals surface area contributed by atoms with E-state index in [2.05, 4.69) is 4.74 Å². The van der Waals surface area contributed by atoms with Gasteiger partial charge in [0.25, 0.3) is 0 Å². The van der Waals surface area contributed by atoms with E-state index < -0.39 is 11.8 Å². The van der Waals surface area contributed by atoms with Gasteiger partial charge in [0.2, 0.25) is 0 Å². The highest BCUT2D eigenvalue weighted by molar-refractivity contribution is 6.43. The lowest BCUT2D eigenvalue weighted by atomic mass is 10.2. The Labute approximate surface area is 108 Å². The number of ether oxygens (including phenoxy) is 1. The van der Waals surface area contributed by atoms with Crippen LogP contribution in [-0.2, 0) is 9.53 Å². The molecule has 0 bridgehead atoms. The summed E-state index contributed by atoms with van der Waals surface area (Å²) in [6, 6.07) is 2.34. The van der Waals surface area contributed by atoms with E-state index in [1.165, 1.54) is 12.1 Å². The number of rotatable bonds is 3. The van der Waals surface area contributed by atoms with Crippen LogP contribution >= 0.6 is 23.2 Å². The molecular weight excluding hydrogens is 268 g/mol. The molecule has 2 N–H and O–H groups in total. The topological polar surface area (TPSA) is 52.3 Å². The monoisotopic (exact) mass is 277 g/mol. The molecule has 17 heavy (non-hydrogen) atoms. The fraction of sp³-hybridized carbons (Fsp3) is 0.182. The highest BCUT2D eigenvalue weighted by Gasteiger charge is 2.10. The van der Waals surface area contributed by atoms with Crippen molar-refractivity contribution in [3.05, 3.63) is 33.6 Å². The van der Waals surface area contributed by atoms with Crippen molar-refractivity contribution in [1.82, 2.24) is 0 Å². The summed E-state index contributed by atoms with van der Waals surface area (Å²) in [6.07, 6.45) is 1.28. The normalized spacial score (nSPS) is 11.4. The maximum Gasteiger partial charge on any atom is 0.349 e. The molecule has 0 atom stereocenters. The first kappa shape index (κ1) is 13.8. The number of anilines is 1. The van der Waals surface area contributed by atoms with Crippen LogP contribution in [0.15, 0.2) is 17.2 Å². The maximum atomic E-state index is 13.0. The van der Waals surface area contributed by atoms with Crippen molar-refractivity contribution in [2.45, 2.75) is 6.92 Å². The molecule has 0 aromatic heterocycles. The second-order valence-electron chi connectivity index (χ2n) is 3.11. The summed E-state index contributed by atoms with van der Waals surface area (Å²) in [5.74, 6) is -1.30. The molecule has 0 unspecified atom stereocenters. The van der Waals surface area contributed by atoms with Gasteiger partial charge in [-0.15, -0.1) is 0 Å². The third-order valence-corrected chi connectivity index (χ3v) is 2.46. The number of hydrogen-bond acceptors (Lipinski definition) is 3. The van der Waals surface area contributed by atoms with Crippen LogP contribution in [0.3, 0.4) is 0 Å². The largest absolute Gasteiger partial charge is 0.462 e. The van der Waals surface area contributed by atoms with Crippen LogP contribution in [0.5, 0.6) is 0 Å². The molecule has 0 spiro atoms. The van der Waals surface area contributed by atoms with Crippen LogP contribution in [0.2, 0.25) is 5.02 Å². The second kappa shape index (κ2) is 5.89. The van der Waals surface area contributed by atoms with Gasteiger partial charge in [-0.1, -0.05) is 23.2 Å². The van der Waals surface area contributed by atoms with Crippen molar-refractivity contribution in [2.75, 3.05) is 12.3 Å². The summed E-state index contributed by atoms with van der Waals surface area (Å²) < 4.78 is 17.7. The Hall–Kier alpha value is -1.26. The number of carbonyl (C=O) groups is 1. The zero-order valence-electron chi connectivity index (χ0n) is 8.97. The average molecular weight is 278 g/mol. The average Bonchev–Trinajstić information content (AvgIpc) is 2.26. The van der Waals surface area contributed by atoms with E-state index in [1.807, 2.05) is 0 Å². The Balaban J connectivity index is 3.06. The van der Waals surface area contributed by atoms with Crippen molar-refractivity contribution in [3.63, 3.8) is 0 Å². The van der Waals surface area contributed by atoms with E-state index in [-0.39, 0.29) is 22.3 Å². The minimum absolute atomic E-state index is 0.0750. The zero-order valence-corrected chi connectivity index (χ0v) is 10.5. The second-order valence-corrected chi connectivity index (χ2v) is 3.92. The molecule has 0 heterocycles. The molecule has 0 aliphatic carbocycles. The molecule has 92 valence electrons. The summed E-state index contributed by atoms with van der Waals surface area (Å²) >= 11 is 11.5. The smallest absolute Gasteiger partial charge is 0.349 e. The zero-order chi connectivity index (χ0) is 13.0. The highest BCUT2D eigenvalue weighted by atomic mass is 35.5. The lowest BCUT2D eigenvalue weighted by Crippen LogP contribution is -2.03. The number of nitrogens with two attached hydrogens (primary N) is 1. The summed E-state index contributed by atoms with van der Waals surface area (Å²) in [6.45, 7) is 1.87. The van der Waals surface area contributed by atoms with Gasteiger partial charge >= 0.3 is 5.97 Å². The summed E-state index contributed by atoms with van der Waals surface area (Å²) in [5, 5.41) is -0.0427. The van der Waals surface area contributed by atoms with Crippen molar-refractivity contribution in [1.29, 1.82) is 0 Å². The molecular formula is C11H10Cl2FNO2. The van der Waals surface area contributed by atoms with Crippen LogP contribution in [0.25, 0.3) is 6.08 Å². The Kier molecular flexibility index (Phi) is 4.78. The molecule has 1 aromatic carbocycles. The first-order valence-electron chi connectivity index (χ1n) is 4.74. The molecule has 6 heteroatoms. The quantitative estimate of drug-likeness (QED) is 0.524. The van der Waals surface area contributed by atoms with E-state index in [1.54, 1.807) is 6.92 Å². The number of benzene rings is 1. The SMILES string of the molecule is CCOC(=O)C(Cl)=Cc1cc(N)c(F)cc1Cl. The first-order chi connectivity index (χ1) is 7.95. The van der Waals surface area contributed by atoms with Crippen molar-refractivity contribution in [2.24, 2.45) is 0 Å². The highest BCUT2D eigenvalue weighted by Crippen LogP contribution is 2.25. The van der Waals surface area contributed by atoms with Crippen LogP contribution < -0.4 is 5.73 Å². The molecule has 3 nitrogen and oxygen atoms in total. The number of hydrogen-bond donors (Lipinski definition) is 1. The predicted octanol–water partition coefficient (Wildman–Crippen LogP) is 3.20. The minimum atomic E-state index is -0.673. The van der Waals surface area contributed by atoms with Crippen LogP contribution in [-0.4, -0.2) is 12.6 Å². The van der Waals surface area contributed by atoms with E-state index in [4.69, 9.17) is 28.9 Å². The van der Waals surface area contributed by atoms with Crippen LogP contribution in [0, 0.1) is 5.82 Å². The number of esters is 1. The minimum Gasteiger partial charge on any atom is -0.462 e. The fourth-order valence-electron chi connectivity index (χ4n) is 1.09. The van der Waals surface area contributed by atoms with Gasteiger partial charge in [0.05, 0.1) is 17.3 Å². The lowest BCUT2D eigenvalue weighted by Gasteiger charge is -2.04. The van der Waals surface area contributed by atoms with E-state index in [0.29, 0.717) is 5.56 Å². The van der Waals surface area contributed by atoms with E-state index in [9.17, 15) is 9.18 Å². The third kappa shape index (κ3) is 3.61. The molecule has 0 aliphatic rings. The van der Waals surface area contributed by atoms with Crippen LogP contribution in [0.1, 0.15) is 12.5 Å². The van der Waals surface area contributed by atoms with Crippen molar-refractivity contribution >= 4 is 40.9 Å². The molecule has 1 rings (SSSR count). The molecule has 0 aliphatic heterocycles. The van der Waals surface area contributed by atoms with Gasteiger partial charge in [-0.05, 0) is 30.7 Å². The van der Waals surface area contributed by atoms with Gasteiger partial charge in [0.1, 0.15) is 10.8 Å². The number of halogens is 3. The molecule has 0 amide bonds. The van der Waals surface area contributed by atoms with Crippen molar-refractivity contribution < 1.29 is 13.9 Å². The Morgan fingerprint density at radius 3 is 2.82 bits per heavy atom. The molecule has 0 saturated heterocycles. The van der Waals surface area contributed by atoms with Crippen molar-refractivity contribution in [3.8, 4) is 0 Å². The summed E-state index contributed by atoms with van der Waals surface area (Å²) in [5.41, 5.74) is 5.65. The third-order valence-electron chi connectivity index (χ3n) is 1.87. The number of carbonyl (C=O) groups excluding carboxylic acids is 1.